The first-order chi connectivity index (χ1) is 8.41. The summed E-state index contributed by atoms with van der Waals surface area (Å²) in [6, 6.07) is -2.14. The molecule has 0 aromatic heterocycles. The number of hydrogen-bond acceptors (Lipinski definition) is 5. The van der Waals surface area contributed by atoms with Crippen molar-refractivity contribution in [2.24, 2.45) is 0 Å². The van der Waals surface area contributed by atoms with E-state index in [1.54, 1.807) is 27.7 Å². The van der Waals surface area contributed by atoms with Crippen molar-refractivity contribution in [2.75, 3.05) is 0 Å². The maximum absolute atomic E-state index is 12.1. The van der Waals surface area contributed by atoms with Crippen LogP contribution in [0.3, 0.4) is 0 Å². The molecule has 110 valence electrons. The highest BCUT2D eigenvalue weighted by atomic mass is 32.1. The predicted octanol–water partition coefficient (Wildman–Crippen LogP) is 0.0872. The second-order valence-corrected chi connectivity index (χ2v) is 7.61. The van der Waals surface area contributed by atoms with Gasteiger partial charge >= 0.3 is 5.97 Å². The summed E-state index contributed by atoms with van der Waals surface area (Å²) in [6.07, 6.45) is 0.379. The maximum Gasteiger partial charge on any atom is 0.327 e. The smallest absolute Gasteiger partial charge is 0.327 e. The second-order valence-electron chi connectivity index (χ2n) is 5.30. The van der Waals surface area contributed by atoms with Crippen LogP contribution >= 0.6 is 25.3 Å². The number of rotatable bonds is 7. The molecule has 6 nitrogen and oxygen atoms in total. The number of amides is 2. The van der Waals surface area contributed by atoms with Gasteiger partial charge in [0, 0.05) is 9.49 Å². The Morgan fingerprint density at radius 1 is 1.11 bits per heavy atom. The zero-order chi connectivity index (χ0) is 15.4. The lowest BCUT2D eigenvalue weighted by Crippen LogP contribution is -2.60. The van der Waals surface area contributed by atoms with Gasteiger partial charge in [0.25, 0.3) is 0 Å². The molecule has 0 fully saturated rings. The van der Waals surface area contributed by atoms with E-state index in [4.69, 9.17) is 5.11 Å². The molecule has 0 aromatic rings. The van der Waals surface area contributed by atoms with E-state index in [9.17, 15) is 14.4 Å². The molecule has 0 spiro atoms. The molecule has 2 atom stereocenters. The van der Waals surface area contributed by atoms with Crippen LogP contribution in [0.1, 0.15) is 27.7 Å². The summed E-state index contributed by atoms with van der Waals surface area (Å²) in [5.41, 5.74) is 0. The maximum atomic E-state index is 12.1. The number of hydrogen-bond donors (Lipinski definition) is 5. The van der Waals surface area contributed by atoms with Crippen molar-refractivity contribution >= 4 is 43.5 Å². The minimum absolute atomic E-state index is 0.379. The fourth-order valence-corrected chi connectivity index (χ4v) is 1.80. The molecule has 2 amide bonds. The topological polar surface area (TPSA) is 95.5 Å². The molecule has 0 aromatic carbocycles. The zero-order valence-corrected chi connectivity index (χ0v) is 13.1. The highest BCUT2D eigenvalue weighted by Crippen LogP contribution is 2.21. The lowest BCUT2D eigenvalue weighted by molar-refractivity contribution is -0.143. The van der Waals surface area contributed by atoms with Crippen molar-refractivity contribution in [3.8, 4) is 0 Å². The average molecular weight is 308 g/mol. The summed E-state index contributed by atoms with van der Waals surface area (Å²) in [7, 11) is 0. The van der Waals surface area contributed by atoms with Gasteiger partial charge in [-0.15, -0.1) is 0 Å². The molecule has 0 aliphatic heterocycles. The van der Waals surface area contributed by atoms with E-state index in [1.807, 2.05) is 0 Å². The first-order valence-electron chi connectivity index (χ1n) is 5.59. The van der Waals surface area contributed by atoms with E-state index in [1.165, 1.54) is 0 Å². The SMILES string of the molecule is CC(C)(S)[C@H](NC(=O)[C@@H](NC=O)C(C)(C)S)C(=O)O. The van der Waals surface area contributed by atoms with Crippen molar-refractivity contribution in [3.63, 3.8) is 0 Å². The Morgan fingerprint density at radius 2 is 1.53 bits per heavy atom. The molecule has 0 aliphatic carbocycles. The number of carboxylic acid groups (broad SMARTS) is 1. The number of nitrogens with one attached hydrogen (secondary N) is 2. The van der Waals surface area contributed by atoms with Gasteiger partial charge in [0.15, 0.2) is 0 Å². The fourth-order valence-electron chi connectivity index (χ4n) is 1.43. The van der Waals surface area contributed by atoms with Gasteiger partial charge in [-0.25, -0.2) is 4.79 Å². The van der Waals surface area contributed by atoms with Crippen molar-refractivity contribution in [2.45, 2.75) is 49.3 Å². The number of carbonyl (C=O) groups is 3. The molecule has 0 bridgehead atoms. The lowest BCUT2D eigenvalue weighted by Gasteiger charge is -2.32. The molecule has 0 heterocycles. The van der Waals surface area contributed by atoms with Gasteiger partial charge in [-0.05, 0) is 27.7 Å². The van der Waals surface area contributed by atoms with Gasteiger partial charge in [0.05, 0.1) is 0 Å². The number of thiol groups is 2. The molecule has 0 saturated heterocycles. The van der Waals surface area contributed by atoms with Crippen molar-refractivity contribution < 1.29 is 19.5 Å². The van der Waals surface area contributed by atoms with Crippen LogP contribution in [0.2, 0.25) is 0 Å². The number of aliphatic carboxylic acids is 1. The van der Waals surface area contributed by atoms with Gasteiger partial charge in [-0.3, -0.25) is 9.59 Å². The summed E-state index contributed by atoms with van der Waals surface area (Å²) in [5.74, 6) is -1.82. The van der Waals surface area contributed by atoms with Gasteiger partial charge in [-0.1, -0.05) is 0 Å². The molecule has 0 unspecified atom stereocenters. The number of carboxylic acids is 1. The van der Waals surface area contributed by atoms with Crippen LogP contribution in [-0.4, -0.2) is 45.0 Å². The minimum Gasteiger partial charge on any atom is -0.480 e. The van der Waals surface area contributed by atoms with Gasteiger partial charge in [-0.2, -0.15) is 25.3 Å². The molecule has 0 rings (SSSR count). The Hall–Kier alpha value is -0.890. The van der Waals surface area contributed by atoms with Crippen molar-refractivity contribution in [1.29, 1.82) is 0 Å². The fraction of sp³-hybridized carbons (Fsp3) is 0.727. The summed E-state index contributed by atoms with van der Waals surface area (Å²) >= 11 is 8.37. The van der Waals surface area contributed by atoms with Gasteiger partial charge in [0.2, 0.25) is 12.3 Å². The molecular formula is C11H20N2O4S2. The van der Waals surface area contributed by atoms with E-state index in [0.717, 1.165) is 0 Å². The van der Waals surface area contributed by atoms with Crippen molar-refractivity contribution in [1.82, 2.24) is 10.6 Å². The van der Waals surface area contributed by atoms with Crippen LogP contribution in [0.4, 0.5) is 0 Å². The minimum atomic E-state index is -1.20. The lowest BCUT2D eigenvalue weighted by atomic mass is 9.99. The van der Waals surface area contributed by atoms with E-state index in [2.05, 4.69) is 35.9 Å². The average Bonchev–Trinajstić information content (AvgIpc) is 2.18. The van der Waals surface area contributed by atoms with Crippen molar-refractivity contribution in [3.05, 3.63) is 0 Å². The quantitative estimate of drug-likeness (QED) is 0.340. The first kappa shape index (κ1) is 18.1. The predicted molar refractivity (Wildman–Crippen MR) is 78.7 cm³/mol. The summed E-state index contributed by atoms with van der Waals surface area (Å²) in [5, 5.41) is 13.8. The molecule has 0 saturated carbocycles. The van der Waals surface area contributed by atoms with E-state index >= 15 is 0 Å². The molecule has 0 aliphatic rings. The largest absolute Gasteiger partial charge is 0.480 e. The Kier molecular flexibility index (Phi) is 6.21. The number of carbonyl (C=O) groups excluding carboxylic acids is 2. The van der Waals surface area contributed by atoms with Crippen LogP contribution < -0.4 is 10.6 Å². The Morgan fingerprint density at radius 3 is 1.79 bits per heavy atom. The highest BCUT2D eigenvalue weighted by Gasteiger charge is 2.38. The van der Waals surface area contributed by atoms with E-state index < -0.39 is 33.5 Å². The van der Waals surface area contributed by atoms with Crippen LogP contribution in [0.15, 0.2) is 0 Å². The van der Waals surface area contributed by atoms with Gasteiger partial charge < -0.3 is 15.7 Å². The molecular weight excluding hydrogens is 288 g/mol. The Bertz CT molecular complexity index is 361. The molecule has 3 N–H and O–H groups in total. The monoisotopic (exact) mass is 308 g/mol. The van der Waals surface area contributed by atoms with E-state index in [0.29, 0.717) is 6.41 Å². The zero-order valence-electron chi connectivity index (χ0n) is 11.3. The van der Waals surface area contributed by atoms with E-state index in [-0.39, 0.29) is 0 Å². The van der Waals surface area contributed by atoms with Crippen LogP contribution in [0.5, 0.6) is 0 Å². The normalized spacial score (nSPS) is 15.3. The van der Waals surface area contributed by atoms with Crippen LogP contribution in [0.25, 0.3) is 0 Å². The third-order valence-electron chi connectivity index (χ3n) is 2.44. The molecule has 19 heavy (non-hydrogen) atoms. The first-order valence-corrected chi connectivity index (χ1v) is 6.48. The van der Waals surface area contributed by atoms with Crippen LogP contribution in [-0.2, 0) is 14.4 Å². The molecule has 0 radical (unpaired) electrons. The highest BCUT2D eigenvalue weighted by molar-refractivity contribution is 7.82. The summed E-state index contributed by atoms with van der Waals surface area (Å²) in [6.45, 7) is 6.42. The van der Waals surface area contributed by atoms with Crippen LogP contribution in [0, 0.1) is 0 Å². The summed E-state index contributed by atoms with van der Waals surface area (Å²) in [4.78, 5) is 33.7. The molecule has 8 heteroatoms. The third kappa shape index (κ3) is 5.73. The Balaban J connectivity index is 5.08. The summed E-state index contributed by atoms with van der Waals surface area (Å²) < 4.78 is -1.79. The third-order valence-corrected chi connectivity index (χ3v) is 2.96. The van der Waals surface area contributed by atoms with Gasteiger partial charge in [0.1, 0.15) is 12.1 Å². The second kappa shape index (κ2) is 6.51. The standard InChI is InChI=1S/C11H20N2O4S2/c1-10(2,18)6(12-5-14)8(15)13-7(9(16)17)11(3,4)19/h5-7,18-19H,1-4H3,(H,12,14)(H,13,15)(H,16,17)/t6-,7-/m1/s1. The Labute approximate surface area is 123 Å².